The van der Waals surface area contributed by atoms with Crippen LogP contribution < -0.4 is 5.32 Å². The molecule has 2 fully saturated rings. The quantitative estimate of drug-likeness (QED) is 0.770. The molecule has 0 bridgehead atoms. The Balaban J connectivity index is 1.61. The van der Waals surface area contributed by atoms with Gasteiger partial charge in [-0.1, -0.05) is 0 Å². The minimum Gasteiger partial charge on any atom is -0.376 e. The molecule has 118 valence electrons. The molecule has 3 atom stereocenters. The third kappa shape index (κ3) is 1.83. The summed E-state index contributed by atoms with van der Waals surface area (Å²) in [6.45, 7) is 3.54. The van der Waals surface area contributed by atoms with Gasteiger partial charge in [-0.2, -0.15) is 0 Å². The minimum absolute atomic E-state index is 0.196. The number of allylic oxidation sites excluding steroid dienone is 1. The van der Waals surface area contributed by atoms with Crippen LogP contribution in [0.2, 0.25) is 0 Å². The number of urea groups is 1. The predicted octanol–water partition coefficient (Wildman–Crippen LogP) is -0.110. The lowest BCUT2D eigenvalue weighted by molar-refractivity contribution is -0.126. The zero-order valence-electron chi connectivity index (χ0n) is 12.7. The molecule has 0 saturated carbocycles. The van der Waals surface area contributed by atoms with Crippen molar-refractivity contribution in [3.8, 4) is 0 Å². The second-order valence-corrected chi connectivity index (χ2v) is 6.12. The van der Waals surface area contributed by atoms with Crippen molar-refractivity contribution in [1.82, 2.24) is 20.0 Å². The molecule has 4 aliphatic heterocycles. The molecule has 8 heteroatoms. The van der Waals surface area contributed by atoms with Gasteiger partial charge in [0.25, 0.3) is 5.91 Å². The Morgan fingerprint density at radius 2 is 2.27 bits per heavy atom. The number of hydrogen-bond acceptors (Lipinski definition) is 6. The summed E-state index contributed by atoms with van der Waals surface area (Å²) in [4.78, 5) is 34.0. The van der Waals surface area contributed by atoms with Crippen LogP contribution in [-0.4, -0.2) is 71.1 Å². The Labute approximate surface area is 128 Å². The van der Waals surface area contributed by atoms with E-state index in [2.05, 4.69) is 15.2 Å². The number of carbonyl (C=O) groups excluding carboxylic acids is 2. The molecule has 22 heavy (non-hydrogen) atoms. The van der Waals surface area contributed by atoms with Gasteiger partial charge in [0.2, 0.25) is 5.96 Å². The molecule has 0 spiro atoms. The normalized spacial score (nSPS) is 33.7. The molecule has 0 aliphatic carbocycles. The molecular formula is C14H19N5O3. The highest BCUT2D eigenvalue weighted by atomic mass is 16.5. The Kier molecular flexibility index (Phi) is 2.90. The van der Waals surface area contributed by atoms with Crippen molar-refractivity contribution in [2.24, 2.45) is 4.99 Å². The van der Waals surface area contributed by atoms with Gasteiger partial charge in [0.05, 0.1) is 12.6 Å². The summed E-state index contributed by atoms with van der Waals surface area (Å²) >= 11 is 0. The highest BCUT2D eigenvalue weighted by Crippen LogP contribution is 2.32. The molecule has 3 amide bonds. The number of amides is 3. The molecule has 8 nitrogen and oxygen atoms in total. The number of aliphatic imine (C=N–C) groups is 1. The number of ether oxygens (including phenoxy) is 1. The maximum atomic E-state index is 12.2. The van der Waals surface area contributed by atoms with E-state index in [1.54, 1.807) is 7.05 Å². The van der Waals surface area contributed by atoms with E-state index >= 15 is 0 Å². The molecule has 0 aromatic carbocycles. The van der Waals surface area contributed by atoms with Crippen LogP contribution in [0, 0.1) is 0 Å². The summed E-state index contributed by atoms with van der Waals surface area (Å²) in [5.41, 5.74) is 1.04. The number of fused-ring (bicyclic) bond motifs is 3. The number of nitrogens with zero attached hydrogens (tertiary/aromatic N) is 4. The van der Waals surface area contributed by atoms with Gasteiger partial charge < -0.3 is 19.4 Å². The highest BCUT2D eigenvalue weighted by molar-refractivity contribution is 6.04. The number of rotatable bonds is 2. The summed E-state index contributed by atoms with van der Waals surface area (Å²) < 4.78 is 5.70. The summed E-state index contributed by atoms with van der Waals surface area (Å²) in [7, 11) is 1.66. The lowest BCUT2D eigenvalue weighted by Gasteiger charge is -2.34. The van der Waals surface area contributed by atoms with Crippen molar-refractivity contribution in [3.05, 3.63) is 11.9 Å². The topological polar surface area (TPSA) is 77.5 Å². The fourth-order valence-corrected chi connectivity index (χ4v) is 3.46. The van der Waals surface area contributed by atoms with E-state index < -0.39 is 18.2 Å². The number of nitrogens with one attached hydrogen (secondary N) is 1. The van der Waals surface area contributed by atoms with Crippen LogP contribution in [0.15, 0.2) is 16.9 Å². The average molecular weight is 305 g/mol. The van der Waals surface area contributed by atoms with E-state index in [0.29, 0.717) is 0 Å². The molecule has 3 unspecified atom stereocenters. The molecular weight excluding hydrogens is 286 g/mol. The van der Waals surface area contributed by atoms with Crippen LogP contribution in [0.5, 0.6) is 0 Å². The van der Waals surface area contributed by atoms with Crippen molar-refractivity contribution in [2.75, 3.05) is 20.2 Å². The lowest BCUT2D eigenvalue weighted by atomic mass is 10.1. The largest absolute Gasteiger partial charge is 0.376 e. The van der Waals surface area contributed by atoms with Crippen molar-refractivity contribution >= 4 is 17.9 Å². The van der Waals surface area contributed by atoms with Crippen molar-refractivity contribution in [1.29, 1.82) is 0 Å². The van der Waals surface area contributed by atoms with Crippen LogP contribution in [0.4, 0.5) is 4.79 Å². The molecule has 2 saturated heterocycles. The van der Waals surface area contributed by atoms with E-state index in [-0.39, 0.29) is 12.0 Å². The maximum absolute atomic E-state index is 12.2. The summed E-state index contributed by atoms with van der Waals surface area (Å²) in [6.07, 6.45) is 3.79. The van der Waals surface area contributed by atoms with Crippen LogP contribution in [0.3, 0.4) is 0 Å². The SMILES string of the molecule is CC1=CN2C(=NC3C2C(=O)NC(=O)N3C)N1CC1CCCO1. The highest BCUT2D eigenvalue weighted by Gasteiger charge is 2.51. The molecule has 4 rings (SSSR count). The van der Waals surface area contributed by atoms with Gasteiger partial charge in [-0.3, -0.25) is 10.1 Å². The molecule has 4 heterocycles. The molecule has 1 N–H and O–H groups in total. The third-order valence-electron chi connectivity index (χ3n) is 4.68. The Bertz CT molecular complexity index is 595. The number of likely N-dealkylation sites (N-methyl/N-ethyl adjacent to an activating group) is 1. The van der Waals surface area contributed by atoms with E-state index in [9.17, 15) is 9.59 Å². The van der Waals surface area contributed by atoms with Crippen LogP contribution in [0.25, 0.3) is 0 Å². The number of carbonyl (C=O) groups is 2. The number of guanidine groups is 1. The van der Waals surface area contributed by atoms with Crippen molar-refractivity contribution in [3.63, 3.8) is 0 Å². The molecule has 0 aromatic rings. The second-order valence-electron chi connectivity index (χ2n) is 6.12. The van der Waals surface area contributed by atoms with Crippen molar-refractivity contribution in [2.45, 2.75) is 38.1 Å². The first-order chi connectivity index (χ1) is 10.6. The zero-order chi connectivity index (χ0) is 15.4. The monoisotopic (exact) mass is 305 g/mol. The first kappa shape index (κ1) is 13.6. The van der Waals surface area contributed by atoms with Gasteiger partial charge in [-0.25, -0.2) is 9.79 Å². The van der Waals surface area contributed by atoms with E-state index in [1.807, 2.05) is 18.0 Å². The van der Waals surface area contributed by atoms with Gasteiger partial charge in [-0.05, 0) is 19.8 Å². The fourth-order valence-electron chi connectivity index (χ4n) is 3.46. The van der Waals surface area contributed by atoms with E-state index in [0.717, 1.165) is 37.6 Å². The Morgan fingerprint density at radius 1 is 1.45 bits per heavy atom. The maximum Gasteiger partial charge on any atom is 0.325 e. The van der Waals surface area contributed by atoms with Gasteiger partial charge in [0, 0.05) is 25.6 Å². The van der Waals surface area contributed by atoms with Crippen LogP contribution in [-0.2, 0) is 9.53 Å². The van der Waals surface area contributed by atoms with Gasteiger partial charge in [-0.15, -0.1) is 0 Å². The van der Waals surface area contributed by atoms with Crippen LogP contribution >= 0.6 is 0 Å². The predicted molar refractivity (Wildman–Crippen MR) is 77.6 cm³/mol. The van der Waals surface area contributed by atoms with Gasteiger partial charge >= 0.3 is 6.03 Å². The number of hydrogen-bond donors (Lipinski definition) is 1. The minimum atomic E-state index is -0.484. The molecule has 0 aromatic heterocycles. The van der Waals surface area contributed by atoms with Gasteiger partial charge in [0.15, 0.2) is 12.2 Å². The van der Waals surface area contributed by atoms with Crippen molar-refractivity contribution < 1.29 is 14.3 Å². The number of imide groups is 1. The average Bonchev–Trinajstić information content (AvgIpc) is 3.15. The second kappa shape index (κ2) is 4.70. The Hall–Kier alpha value is -2.09. The molecule has 4 aliphatic rings. The Morgan fingerprint density at radius 3 is 3.00 bits per heavy atom. The first-order valence-electron chi connectivity index (χ1n) is 7.57. The third-order valence-corrected chi connectivity index (χ3v) is 4.68. The fraction of sp³-hybridized carbons (Fsp3) is 0.643. The zero-order valence-corrected chi connectivity index (χ0v) is 12.7. The van der Waals surface area contributed by atoms with E-state index in [1.165, 1.54) is 4.90 Å². The molecule has 0 radical (unpaired) electrons. The first-order valence-corrected chi connectivity index (χ1v) is 7.57. The summed E-state index contributed by atoms with van der Waals surface area (Å²) in [5, 5.41) is 2.38. The van der Waals surface area contributed by atoms with Gasteiger partial charge in [0.1, 0.15) is 0 Å². The smallest absolute Gasteiger partial charge is 0.325 e. The van der Waals surface area contributed by atoms with Crippen LogP contribution in [0.1, 0.15) is 19.8 Å². The lowest BCUT2D eigenvalue weighted by Crippen LogP contribution is -2.62. The standard InChI is InChI=1S/C14H19N5O3/c1-8-6-19-10-11(17(2)14(21)16-12(10)20)15-13(19)18(8)7-9-4-3-5-22-9/h6,9-11H,3-5,7H2,1-2H3,(H,16,20,21). The van der Waals surface area contributed by atoms with E-state index in [4.69, 9.17) is 4.74 Å². The summed E-state index contributed by atoms with van der Waals surface area (Å²) in [5.74, 6) is 0.439. The summed E-state index contributed by atoms with van der Waals surface area (Å²) in [6, 6.07) is -0.884.